The lowest BCUT2D eigenvalue weighted by atomic mass is 10.2. The zero-order valence-electron chi connectivity index (χ0n) is 11.1. The van der Waals surface area contributed by atoms with Crippen LogP contribution in [0.3, 0.4) is 0 Å². The van der Waals surface area contributed by atoms with Gasteiger partial charge in [0, 0.05) is 11.0 Å². The van der Waals surface area contributed by atoms with E-state index < -0.39 is 20.2 Å². The highest BCUT2D eigenvalue weighted by Crippen LogP contribution is 2.35. The Kier molecular flexibility index (Phi) is 4.81. The van der Waals surface area contributed by atoms with Crippen LogP contribution < -0.4 is 5.32 Å². The first kappa shape index (κ1) is 16.8. The van der Waals surface area contributed by atoms with E-state index in [1.807, 2.05) is 6.07 Å². The molecule has 0 aliphatic heterocycles. The Hall–Kier alpha value is -1.54. The Morgan fingerprint density at radius 2 is 1.68 bits per heavy atom. The molecule has 0 bridgehead atoms. The lowest BCUT2D eigenvalue weighted by molar-refractivity contribution is -0.0435. The van der Waals surface area contributed by atoms with E-state index in [2.05, 4.69) is 21.2 Å². The van der Waals surface area contributed by atoms with Crippen LogP contribution >= 0.6 is 15.9 Å². The predicted octanol–water partition coefficient (Wildman–Crippen LogP) is 4.35. The normalized spacial score (nSPS) is 12.2. The molecule has 1 N–H and O–H groups in total. The molecule has 0 atom stereocenters. The highest BCUT2D eigenvalue weighted by atomic mass is 79.9. The van der Waals surface area contributed by atoms with Crippen LogP contribution in [-0.2, 0) is 16.4 Å². The van der Waals surface area contributed by atoms with Crippen molar-refractivity contribution in [3.63, 3.8) is 0 Å². The Morgan fingerprint density at radius 3 is 2.27 bits per heavy atom. The van der Waals surface area contributed by atoms with Crippen LogP contribution in [0.15, 0.2) is 57.9 Å². The van der Waals surface area contributed by atoms with Crippen LogP contribution in [0.25, 0.3) is 0 Å². The van der Waals surface area contributed by atoms with Gasteiger partial charge in [-0.2, -0.15) is 13.2 Å². The molecule has 0 heterocycles. The molecule has 0 spiro atoms. The molecule has 0 unspecified atom stereocenters. The average molecular weight is 394 g/mol. The maximum absolute atomic E-state index is 12.7. The number of rotatable bonds is 4. The summed E-state index contributed by atoms with van der Waals surface area (Å²) < 4.78 is 61.9. The van der Waals surface area contributed by atoms with Gasteiger partial charge in [0.05, 0.1) is 10.6 Å². The minimum absolute atomic E-state index is 0.101. The van der Waals surface area contributed by atoms with Crippen molar-refractivity contribution in [3.05, 3.63) is 58.6 Å². The molecule has 2 aromatic carbocycles. The van der Waals surface area contributed by atoms with Crippen molar-refractivity contribution in [2.45, 2.75) is 16.9 Å². The maximum Gasteiger partial charge on any atom is 0.501 e. The van der Waals surface area contributed by atoms with Crippen molar-refractivity contribution < 1.29 is 21.6 Å². The molecule has 0 radical (unpaired) electrons. The number of nitrogens with one attached hydrogen (secondary N) is 1. The van der Waals surface area contributed by atoms with Gasteiger partial charge in [-0.15, -0.1) is 0 Å². The average Bonchev–Trinajstić information content (AvgIpc) is 2.45. The van der Waals surface area contributed by atoms with Crippen LogP contribution in [0.4, 0.5) is 18.9 Å². The molecule has 118 valence electrons. The quantitative estimate of drug-likeness (QED) is 0.839. The van der Waals surface area contributed by atoms with Gasteiger partial charge in [-0.25, -0.2) is 8.42 Å². The molecule has 3 nitrogen and oxygen atoms in total. The summed E-state index contributed by atoms with van der Waals surface area (Å²) in [6.45, 7) is 0.206. The molecule has 0 amide bonds. The smallest absolute Gasteiger partial charge is 0.380 e. The number of sulfone groups is 1. The number of benzene rings is 2. The summed E-state index contributed by atoms with van der Waals surface area (Å²) in [5.41, 5.74) is -4.63. The minimum atomic E-state index is -5.41. The standard InChI is InChI=1S/C14H11BrF3NO2S/c15-11-6-7-13(22(20,21)14(16,17)18)12(8-11)19-9-10-4-2-1-3-5-10/h1-8,19H,9H2. The topological polar surface area (TPSA) is 46.2 Å². The fourth-order valence-corrected chi connectivity index (χ4v) is 3.07. The number of hydrogen-bond acceptors (Lipinski definition) is 3. The third-order valence-corrected chi connectivity index (χ3v) is 4.90. The molecule has 0 fully saturated rings. The third-order valence-electron chi connectivity index (χ3n) is 2.86. The van der Waals surface area contributed by atoms with Crippen molar-refractivity contribution in [2.24, 2.45) is 0 Å². The van der Waals surface area contributed by atoms with Crippen LogP contribution in [0, 0.1) is 0 Å². The van der Waals surface area contributed by atoms with E-state index in [1.54, 1.807) is 24.3 Å². The van der Waals surface area contributed by atoms with E-state index in [0.717, 1.165) is 11.6 Å². The zero-order chi connectivity index (χ0) is 16.4. The molecular formula is C14H11BrF3NO2S. The van der Waals surface area contributed by atoms with E-state index >= 15 is 0 Å². The summed E-state index contributed by atoms with van der Waals surface area (Å²) in [5, 5.41) is 2.74. The minimum Gasteiger partial charge on any atom is -0.380 e. The van der Waals surface area contributed by atoms with Crippen LogP contribution in [-0.4, -0.2) is 13.9 Å². The Bertz CT molecular complexity index is 761. The summed E-state index contributed by atoms with van der Waals surface area (Å²) in [5.74, 6) is 0. The van der Waals surface area contributed by atoms with Crippen molar-refractivity contribution in [1.29, 1.82) is 0 Å². The summed E-state index contributed by atoms with van der Waals surface area (Å²) in [6.07, 6.45) is 0. The lowest BCUT2D eigenvalue weighted by Crippen LogP contribution is -2.24. The molecule has 0 aliphatic rings. The molecule has 8 heteroatoms. The van der Waals surface area contributed by atoms with E-state index in [-0.39, 0.29) is 12.2 Å². The van der Waals surface area contributed by atoms with Crippen LogP contribution in [0.2, 0.25) is 0 Å². The van der Waals surface area contributed by atoms with E-state index in [0.29, 0.717) is 4.47 Å². The summed E-state index contributed by atoms with van der Waals surface area (Å²) >= 11 is 3.12. The molecule has 0 aromatic heterocycles. The van der Waals surface area contributed by atoms with Crippen molar-refractivity contribution >= 4 is 31.5 Å². The van der Waals surface area contributed by atoms with Gasteiger partial charge in [-0.1, -0.05) is 46.3 Å². The van der Waals surface area contributed by atoms with Crippen molar-refractivity contribution in [3.8, 4) is 0 Å². The third kappa shape index (κ3) is 3.61. The second-order valence-corrected chi connectivity index (χ2v) is 7.25. The number of anilines is 1. The van der Waals surface area contributed by atoms with E-state index in [1.165, 1.54) is 12.1 Å². The molecular weight excluding hydrogens is 383 g/mol. The van der Waals surface area contributed by atoms with Crippen molar-refractivity contribution in [1.82, 2.24) is 0 Å². The molecule has 2 rings (SSSR count). The van der Waals surface area contributed by atoms with E-state index in [9.17, 15) is 21.6 Å². The summed E-state index contributed by atoms with van der Waals surface area (Å²) in [7, 11) is -5.41. The summed E-state index contributed by atoms with van der Waals surface area (Å²) in [4.78, 5) is -0.792. The van der Waals surface area contributed by atoms with Crippen LogP contribution in [0.5, 0.6) is 0 Å². The maximum atomic E-state index is 12.7. The van der Waals surface area contributed by atoms with Gasteiger partial charge in [0.1, 0.15) is 0 Å². The zero-order valence-corrected chi connectivity index (χ0v) is 13.5. The monoisotopic (exact) mass is 393 g/mol. The fraction of sp³-hybridized carbons (Fsp3) is 0.143. The predicted molar refractivity (Wildman–Crippen MR) is 81.2 cm³/mol. The first-order valence-corrected chi connectivity index (χ1v) is 8.38. The molecule has 0 aliphatic carbocycles. The van der Waals surface area contributed by atoms with Gasteiger partial charge in [0.15, 0.2) is 0 Å². The summed E-state index contributed by atoms with van der Waals surface area (Å²) in [6, 6.07) is 12.4. The lowest BCUT2D eigenvalue weighted by Gasteiger charge is -2.14. The fourth-order valence-electron chi connectivity index (χ4n) is 1.79. The van der Waals surface area contributed by atoms with E-state index in [4.69, 9.17) is 0 Å². The highest BCUT2D eigenvalue weighted by molar-refractivity contribution is 9.10. The number of halogens is 4. The van der Waals surface area contributed by atoms with Gasteiger partial charge in [0.25, 0.3) is 9.84 Å². The van der Waals surface area contributed by atoms with Crippen LogP contribution in [0.1, 0.15) is 5.56 Å². The largest absolute Gasteiger partial charge is 0.501 e. The second kappa shape index (κ2) is 6.29. The number of hydrogen-bond donors (Lipinski definition) is 1. The Morgan fingerprint density at radius 1 is 1.05 bits per heavy atom. The van der Waals surface area contributed by atoms with Gasteiger partial charge >= 0.3 is 5.51 Å². The molecule has 0 saturated heterocycles. The van der Waals surface area contributed by atoms with Gasteiger partial charge in [-0.3, -0.25) is 0 Å². The Labute approximate surface area is 134 Å². The first-order valence-electron chi connectivity index (χ1n) is 6.10. The van der Waals surface area contributed by atoms with Gasteiger partial charge in [0.2, 0.25) is 0 Å². The number of alkyl halides is 3. The van der Waals surface area contributed by atoms with Gasteiger partial charge in [-0.05, 0) is 23.8 Å². The highest BCUT2D eigenvalue weighted by Gasteiger charge is 2.48. The SMILES string of the molecule is O=S(=O)(c1ccc(Br)cc1NCc1ccccc1)C(F)(F)F. The van der Waals surface area contributed by atoms with Gasteiger partial charge < -0.3 is 5.32 Å². The molecule has 0 saturated carbocycles. The molecule has 22 heavy (non-hydrogen) atoms. The van der Waals surface area contributed by atoms with Crippen molar-refractivity contribution in [2.75, 3.05) is 5.32 Å². The second-order valence-electron chi connectivity index (χ2n) is 4.43. The molecule has 2 aromatic rings. The first-order chi connectivity index (χ1) is 10.2. The Balaban J connectivity index is 2.37.